The van der Waals surface area contributed by atoms with Gasteiger partial charge in [-0.2, -0.15) is 0 Å². The fourth-order valence-corrected chi connectivity index (χ4v) is 2.19. The van der Waals surface area contributed by atoms with Gasteiger partial charge < -0.3 is 14.2 Å². The molecule has 2 aromatic rings. The van der Waals surface area contributed by atoms with Crippen LogP contribution in [0.2, 0.25) is 0 Å². The topological polar surface area (TPSA) is 78.9 Å². The molecule has 0 spiro atoms. The van der Waals surface area contributed by atoms with Crippen molar-refractivity contribution in [1.82, 2.24) is 0 Å². The van der Waals surface area contributed by atoms with Gasteiger partial charge >= 0.3 is 17.9 Å². The molecule has 160 valence electrons. The summed E-state index contributed by atoms with van der Waals surface area (Å²) >= 11 is 0. The van der Waals surface area contributed by atoms with Gasteiger partial charge in [-0.3, -0.25) is 0 Å². The van der Waals surface area contributed by atoms with Crippen molar-refractivity contribution in [2.75, 3.05) is 0 Å². The minimum absolute atomic E-state index is 0.0632. The fraction of sp³-hybridized carbons (Fsp3) is 0.125. The molecule has 0 aliphatic heterocycles. The number of esters is 3. The molecule has 6 nitrogen and oxygen atoms in total. The lowest BCUT2D eigenvalue weighted by Crippen LogP contribution is -2.10. The van der Waals surface area contributed by atoms with Crippen LogP contribution in [-0.4, -0.2) is 17.9 Å². The maximum absolute atomic E-state index is 14.5. The lowest BCUT2D eigenvalue weighted by atomic mass is 10.0. The number of carbonyl (C=O) groups excluding carboxylic acids is 3. The average molecular weight is 424 g/mol. The first-order chi connectivity index (χ1) is 14.5. The van der Waals surface area contributed by atoms with Gasteiger partial charge in [0, 0.05) is 22.8 Å². The second-order valence-corrected chi connectivity index (χ2v) is 6.85. The lowest BCUT2D eigenvalue weighted by Gasteiger charge is -2.12. The zero-order valence-corrected chi connectivity index (χ0v) is 17.4. The van der Waals surface area contributed by atoms with Crippen molar-refractivity contribution < 1.29 is 33.0 Å². The molecule has 0 bridgehead atoms. The smallest absolute Gasteiger partial charge is 0.338 e. The summed E-state index contributed by atoms with van der Waals surface area (Å²) in [6.45, 7) is 14.9. The van der Waals surface area contributed by atoms with E-state index in [4.69, 9.17) is 14.2 Å². The molecule has 0 unspecified atom stereocenters. The van der Waals surface area contributed by atoms with Crippen LogP contribution in [0.3, 0.4) is 0 Å². The summed E-state index contributed by atoms with van der Waals surface area (Å²) in [5.74, 6) is -3.05. The minimum atomic E-state index is -0.795. The summed E-state index contributed by atoms with van der Waals surface area (Å²) in [6.07, 6.45) is 0. The van der Waals surface area contributed by atoms with Gasteiger partial charge in [0.2, 0.25) is 0 Å². The first kappa shape index (κ1) is 23.3. The first-order valence-corrected chi connectivity index (χ1v) is 9.06. The van der Waals surface area contributed by atoms with Crippen molar-refractivity contribution in [3.8, 4) is 28.4 Å². The number of hydrogen-bond acceptors (Lipinski definition) is 6. The summed E-state index contributed by atoms with van der Waals surface area (Å²) < 4.78 is 29.9. The van der Waals surface area contributed by atoms with E-state index >= 15 is 0 Å². The van der Waals surface area contributed by atoms with E-state index in [-0.39, 0.29) is 34.0 Å². The number of carbonyl (C=O) groups is 3. The summed E-state index contributed by atoms with van der Waals surface area (Å²) in [6, 6.07) is 8.17. The largest absolute Gasteiger partial charge is 0.423 e. The molecule has 0 aliphatic rings. The molecule has 0 saturated carbocycles. The molecule has 0 radical (unpaired) electrons. The summed E-state index contributed by atoms with van der Waals surface area (Å²) in [5, 5.41) is 0. The van der Waals surface area contributed by atoms with Gasteiger partial charge in [0.05, 0.1) is 0 Å². The van der Waals surface area contributed by atoms with Gasteiger partial charge in [0.15, 0.2) is 11.6 Å². The number of hydrogen-bond donors (Lipinski definition) is 0. The Labute approximate surface area is 179 Å². The van der Waals surface area contributed by atoms with Gasteiger partial charge in [-0.15, -0.1) is 0 Å². The highest BCUT2D eigenvalue weighted by Gasteiger charge is 2.15. The Morgan fingerprint density at radius 2 is 1.13 bits per heavy atom. The zero-order chi connectivity index (χ0) is 23.3. The Balaban J connectivity index is 2.46. The molecule has 0 aromatic heterocycles. The van der Waals surface area contributed by atoms with Crippen molar-refractivity contribution in [3.63, 3.8) is 0 Å². The van der Waals surface area contributed by atoms with Gasteiger partial charge in [-0.1, -0.05) is 25.8 Å². The first-order valence-electron chi connectivity index (χ1n) is 9.06. The fourth-order valence-electron chi connectivity index (χ4n) is 2.19. The van der Waals surface area contributed by atoms with Crippen LogP contribution in [-0.2, 0) is 14.4 Å². The molecule has 2 aromatic carbocycles. The van der Waals surface area contributed by atoms with Crippen LogP contribution in [0.1, 0.15) is 20.8 Å². The summed E-state index contributed by atoms with van der Waals surface area (Å²) in [5.41, 5.74) is 1.20. The molecule has 0 amide bonds. The molecular weight excluding hydrogens is 403 g/mol. The molecular formula is C24H21FO6. The summed E-state index contributed by atoms with van der Waals surface area (Å²) in [7, 11) is 0. The van der Waals surface area contributed by atoms with E-state index in [1.807, 2.05) is 0 Å². The summed E-state index contributed by atoms with van der Waals surface area (Å²) in [4.78, 5) is 35.4. The Kier molecular flexibility index (Phi) is 7.26. The van der Waals surface area contributed by atoms with Gasteiger partial charge in [-0.05, 0) is 56.2 Å². The second kappa shape index (κ2) is 9.67. The third kappa shape index (κ3) is 6.24. The van der Waals surface area contributed by atoms with Crippen LogP contribution in [0.5, 0.6) is 17.2 Å². The maximum Gasteiger partial charge on any atom is 0.338 e. The maximum atomic E-state index is 14.5. The van der Waals surface area contributed by atoms with Crippen LogP contribution in [0, 0.1) is 5.82 Å². The standard InChI is InChI=1S/C24H21FO6/c1-13(2)22(26)29-18-9-17(10-19(12-18)30-23(27)14(3)4)16-7-8-21(20(25)11-16)31-24(28)15(5)6/h7-12H,1,3,5H2,2,4,6H3. The monoisotopic (exact) mass is 424 g/mol. The normalized spacial score (nSPS) is 10.1. The van der Waals surface area contributed by atoms with E-state index in [0.717, 1.165) is 6.07 Å². The van der Waals surface area contributed by atoms with Crippen molar-refractivity contribution in [2.45, 2.75) is 20.8 Å². The van der Waals surface area contributed by atoms with Gasteiger partial charge in [0.1, 0.15) is 11.5 Å². The SMILES string of the molecule is C=C(C)C(=O)Oc1cc(OC(=O)C(=C)C)cc(-c2ccc(OC(=O)C(=C)C)c(F)c2)c1. The predicted molar refractivity (Wildman–Crippen MR) is 113 cm³/mol. The highest BCUT2D eigenvalue weighted by Crippen LogP contribution is 2.33. The Morgan fingerprint density at radius 3 is 1.55 bits per heavy atom. The van der Waals surface area contributed by atoms with Crippen LogP contribution in [0.25, 0.3) is 11.1 Å². The van der Waals surface area contributed by atoms with Crippen LogP contribution >= 0.6 is 0 Å². The molecule has 0 saturated heterocycles. The van der Waals surface area contributed by atoms with Crippen molar-refractivity contribution in [2.24, 2.45) is 0 Å². The highest BCUT2D eigenvalue weighted by atomic mass is 19.1. The van der Waals surface area contributed by atoms with E-state index < -0.39 is 23.7 Å². The molecule has 2 rings (SSSR count). The third-order valence-corrected chi connectivity index (χ3v) is 3.81. The molecule has 0 heterocycles. The molecule has 0 aliphatic carbocycles. The second-order valence-electron chi connectivity index (χ2n) is 6.85. The Bertz CT molecular complexity index is 1070. The van der Waals surface area contributed by atoms with Crippen LogP contribution < -0.4 is 14.2 Å². The van der Waals surface area contributed by atoms with Gasteiger partial charge in [0.25, 0.3) is 0 Å². The van der Waals surface area contributed by atoms with E-state index in [9.17, 15) is 18.8 Å². The highest BCUT2D eigenvalue weighted by molar-refractivity contribution is 5.90. The molecule has 0 fully saturated rings. The number of benzene rings is 2. The van der Waals surface area contributed by atoms with E-state index in [2.05, 4.69) is 19.7 Å². The quantitative estimate of drug-likeness (QED) is 0.356. The molecule has 0 N–H and O–H groups in total. The third-order valence-electron chi connectivity index (χ3n) is 3.81. The van der Waals surface area contributed by atoms with Crippen molar-refractivity contribution >= 4 is 17.9 Å². The average Bonchev–Trinajstić information content (AvgIpc) is 2.68. The Morgan fingerprint density at radius 1 is 0.677 bits per heavy atom. The molecule has 31 heavy (non-hydrogen) atoms. The number of rotatable bonds is 7. The molecule has 7 heteroatoms. The Hall–Kier alpha value is -4.00. The minimum Gasteiger partial charge on any atom is -0.423 e. The van der Waals surface area contributed by atoms with Crippen LogP contribution in [0.15, 0.2) is 72.9 Å². The number of ether oxygens (including phenoxy) is 3. The van der Waals surface area contributed by atoms with Gasteiger partial charge in [-0.25, -0.2) is 18.8 Å². The van der Waals surface area contributed by atoms with Crippen molar-refractivity contribution in [3.05, 3.63) is 78.7 Å². The lowest BCUT2D eigenvalue weighted by molar-refractivity contribution is -0.131. The van der Waals surface area contributed by atoms with Crippen LogP contribution in [0.4, 0.5) is 4.39 Å². The van der Waals surface area contributed by atoms with E-state index in [1.165, 1.54) is 51.1 Å². The van der Waals surface area contributed by atoms with E-state index in [1.54, 1.807) is 0 Å². The van der Waals surface area contributed by atoms with E-state index in [0.29, 0.717) is 11.1 Å². The molecule has 0 atom stereocenters. The van der Waals surface area contributed by atoms with Crippen molar-refractivity contribution in [1.29, 1.82) is 0 Å². The zero-order valence-electron chi connectivity index (χ0n) is 17.4. The number of halogens is 1. The predicted octanol–water partition coefficient (Wildman–Crippen LogP) is 4.94.